The van der Waals surface area contributed by atoms with Crippen molar-refractivity contribution in [3.63, 3.8) is 0 Å². The first kappa shape index (κ1) is 23.0. The zero-order valence-corrected chi connectivity index (χ0v) is 19.8. The van der Waals surface area contributed by atoms with Gasteiger partial charge in [-0.3, -0.25) is 9.10 Å². The molecule has 0 aliphatic rings. The number of nitrogens with one attached hydrogen (secondary N) is 1. The molecule has 0 bridgehead atoms. The maximum Gasteiger partial charge on any atom is 0.260 e. The maximum absolute atomic E-state index is 12.6. The quantitative estimate of drug-likeness (QED) is 0.224. The van der Waals surface area contributed by atoms with Crippen molar-refractivity contribution in [1.29, 1.82) is 0 Å². The van der Waals surface area contributed by atoms with Crippen molar-refractivity contribution in [3.8, 4) is 0 Å². The zero-order chi connectivity index (χ0) is 23.6. The first-order chi connectivity index (χ1) is 15.7. The summed E-state index contributed by atoms with van der Waals surface area (Å²) in [7, 11) is -3.78. The number of rotatable bonds is 6. The van der Waals surface area contributed by atoms with Crippen molar-refractivity contribution in [2.24, 2.45) is 5.10 Å². The first-order valence-electron chi connectivity index (χ1n) is 9.88. The van der Waals surface area contributed by atoms with Gasteiger partial charge in [0.25, 0.3) is 5.91 Å². The Morgan fingerprint density at radius 3 is 2.03 bits per heavy atom. The van der Waals surface area contributed by atoms with Gasteiger partial charge in [-0.15, -0.1) is 0 Å². The fraction of sp³-hybridized carbons (Fsp3) is 0.0833. The summed E-state index contributed by atoms with van der Waals surface area (Å²) in [6.45, 7) is -0.483. The van der Waals surface area contributed by atoms with Crippen LogP contribution >= 0.6 is 23.2 Å². The lowest BCUT2D eigenvalue weighted by molar-refractivity contribution is -0.119. The van der Waals surface area contributed by atoms with Crippen LogP contribution in [0.25, 0.3) is 21.5 Å². The van der Waals surface area contributed by atoms with E-state index in [0.29, 0.717) is 0 Å². The van der Waals surface area contributed by atoms with E-state index in [9.17, 15) is 13.2 Å². The van der Waals surface area contributed by atoms with Crippen LogP contribution in [0.15, 0.2) is 77.9 Å². The van der Waals surface area contributed by atoms with Crippen molar-refractivity contribution >= 4 is 72.6 Å². The molecule has 0 spiro atoms. The van der Waals surface area contributed by atoms with Gasteiger partial charge < -0.3 is 0 Å². The Morgan fingerprint density at radius 2 is 1.48 bits per heavy atom. The monoisotopic (exact) mass is 499 g/mol. The van der Waals surface area contributed by atoms with E-state index in [-0.39, 0.29) is 15.7 Å². The minimum Gasteiger partial charge on any atom is -0.271 e. The van der Waals surface area contributed by atoms with E-state index in [0.717, 1.165) is 37.7 Å². The van der Waals surface area contributed by atoms with Gasteiger partial charge in [-0.05, 0) is 45.8 Å². The van der Waals surface area contributed by atoms with E-state index in [4.69, 9.17) is 23.2 Å². The van der Waals surface area contributed by atoms with Crippen LogP contribution in [-0.4, -0.2) is 33.3 Å². The number of amides is 1. The number of carbonyl (C=O) groups is 1. The molecule has 0 saturated carbocycles. The van der Waals surface area contributed by atoms with Crippen molar-refractivity contribution < 1.29 is 13.2 Å². The molecule has 4 rings (SSSR count). The highest BCUT2D eigenvalue weighted by Gasteiger charge is 2.21. The second-order valence-electron chi connectivity index (χ2n) is 7.42. The van der Waals surface area contributed by atoms with Crippen LogP contribution in [0.5, 0.6) is 0 Å². The Labute approximate surface area is 201 Å². The van der Waals surface area contributed by atoms with Crippen LogP contribution in [-0.2, 0) is 14.8 Å². The Hall–Kier alpha value is -3.13. The van der Waals surface area contributed by atoms with E-state index >= 15 is 0 Å². The lowest BCUT2D eigenvalue weighted by Gasteiger charge is -2.21. The molecular formula is C24H19Cl2N3O3S. The molecule has 33 heavy (non-hydrogen) atoms. The number of benzene rings is 4. The smallest absolute Gasteiger partial charge is 0.260 e. The Kier molecular flexibility index (Phi) is 6.56. The van der Waals surface area contributed by atoms with E-state index in [1.165, 1.54) is 18.2 Å². The topological polar surface area (TPSA) is 78.8 Å². The number of carbonyl (C=O) groups excluding carboxylic acids is 1. The number of fused-ring (bicyclic) bond motifs is 2. The van der Waals surface area contributed by atoms with Gasteiger partial charge in [0.2, 0.25) is 10.0 Å². The molecule has 0 heterocycles. The number of hydrazone groups is 1. The summed E-state index contributed by atoms with van der Waals surface area (Å²) in [4.78, 5) is 12.6. The molecule has 0 aliphatic carbocycles. The number of anilines is 1. The predicted molar refractivity (Wildman–Crippen MR) is 136 cm³/mol. The molecule has 1 amide bonds. The molecule has 1 N–H and O–H groups in total. The Morgan fingerprint density at radius 1 is 0.939 bits per heavy atom. The fourth-order valence-electron chi connectivity index (χ4n) is 3.61. The maximum atomic E-state index is 12.6. The van der Waals surface area contributed by atoms with Gasteiger partial charge in [0.1, 0.15) is 6.54 Å². The summed E-state index contributed by atoms with van der Waals surface area (Å²) < 4.78 is 25.5. The molecule has 4 aromatic carbocycles. The fourth-order valence-corrected chi connectivity index (χ4v) is 4.96. The summed E-state index contributed by atoms with van der Waals surface area (Å²) in [5.74, 6) is -0.614. The van der Waals surface area contributed by atoms with Crippen LogP contribution in [0.3, 0.4) is 0 Å². The van der Waals surface area contributed by atoms with E-state index in [1.54, 1.807) is 6.21 Å². The predicted octanol–water partition coefficient (Wildman–Crippen LogP) is 5.22. The molecule has 6 nitrogen and oxygen atoms in total. The van der Waals surface area contributed by atoms with Gasteiger partial charge in [0.15, 0.2) is 0 Å². The Balaban J connectivity index is 1.60. The lowest BCUT2D eigenvalue weighted by Crippen LogP contribution is -2.39. The molecule has 168 valence electrons. The second kappa shape index (κ2) is 9.39. The van der Waals surface area contributed by atoms with E-state index < -0.39 is 22.5 Å². The van der Waals surface area contributed by atoms with E-state index in [1.807, 2.05) is 48.5 Å². The summed E-state index contributed by atoms with van der Waals surface area (Å²) in [5.41, 5.74) is 3.46. The number of halogens is 2. The van der Waals surface area contributed by atoms with Crippen LogP contribution in [0.1, 0.15) is 5.56 Å². The molecule has 9 heteroatoms. The van der Waals surface area contributed by atoms with Gasteiger partial charge in [-0.2, -0.15) is 5.10 Å². The average Bonchev–Trinajstić information content (AvgIpc) is 2.75. The van der Waals surface area contributed by atoms with E-state index in [2.05, 4.69) is 16.6 Å². The number of nitrogens with zero attached hydrogens (tertiary/aromatic N) is 2. The van der Waals surface area contributed by atoms with Crippen molar-refractivity contribution in [2.45, 2.75) is 0 Å². The summed E-state index contributed by atoms with van der Waals surface area (Å²) in [6.07, 6.45) is 2.57. The normalized spacial score (nSPS) is 11.8. The van der Waals surface area contributed by atoms with Gasteiger partial charge in [0.05, 0.1) is 18.2 Å². The molecule has 0 aliphatic heterocycles. The molecule has 0 fully saturated rings. The van der Waals surface area contributed by atoms with Gasteiger partial charge in [-0.25, -0.2) is 13.8 Å². The van der Waals surface area contributed by atoms with Gasteiger partial charge in [-0.1, -0.05) is 71.7 Å². The van der Waals surface area contributed by atoms with Crippen LogP contribution < -0.4 is 9.73 Å². The van der Waals surface area contributed by atoms with Crippen LogP contribution in [0.4, 0.5) is 5.69 Å². The average molecular weight is 500 g/mol. The SMILES string of the molecule is CS(=O)(=O)N(CC(=O)N/N=C\c1c2ccccc2cc2ccccc12)c1cc(Cl)cc(Cl)c1. The highest BCUT2D eigenvalue weighted by Crippen LogP contribution is 2.28. The molecule has 4 aromatic rings. The second-order valence-corrected chi connectivity index (χ2v) is 10.2. The molecule has 0 aromatic heterocycles. The third-order valence-corrected chi connectivity index (χ3v) is 6.60. The first-order valence-corrected chi connectivity index (χ1v) is 12.5. The third-order valence-electron chi connectivity index (χ3n) is 5.02. The number of sulfonamides is 1. The summed E-state index contributed by atoms with van der Waals surface area (Å²) >= 11 is 12.0. The van der Waals surface area contributed by atoms with Gasteiger partial charge in [0, 0.05) is 15.6 Å². The largest absolute Gasteiger partial charge is 0.271 e. The Bertz CT molecular complexity index is 1430. The minimum atomic E-state index is -3.78. The molecule has 0 unspecified atom stereocenters. The zero-order valence-electron chi connectivity index (χ0n) is 17.5. The molecule has 0 atom stereocenters. The summed E-state index contributed by atoms with van der Waals surface area (Å²) in [5, 5.41) is 8.69. The van der Waals surface area contributed by atoms with Crippen molar-refractivity contribution in [2.75, 3.05) is 17.1 Å². The number of hydrogen-bond donors (Lipinski definition) is 1. The van der Waals surface area contributed by atoms with Crippen LogP contribution in [0, 0.1) is 0 Å². The van der Waals surface area contributed by atoms with Crippen molar-refractivity contribution in [3.05, 3.63) is 88.4 Å². The lowest BCUT2D eigenvalue weighted by atomic mass is 9.97. The molecule has 0 radical (unpaired) electrons. The summed E-state index contributed by atoms with van der Waals surface area (Å²) in [6, 6.07) is 22.2. The molecular weight excluding hydrogens is 481 g/mol. The van der Waals surface area contributed by atoms with Crippen LogP contribution in [0.2, 0.25) is 10.0 Å². The molecule has 0 saturated heterocycles. The highest BCUT2D eigenvalue weighted by atomic mass is 35.5. The third kappa shape index (κ3) is 5.27. The number of hydrogen-bond acceptors (Lipinski definition) is 4. The van der Waals surface area contributed by atoms with Crippen molar-refractivity contribution in [1.82, 2.24) is 5.43 Å². The highest BCUT2D eigenvalue weighted by molar-refractivity contribution is 7.92. The van der Waals surface area contributed by atoms with Gasteiger partial charge >= 0.3 is 0 Å². The minimum absolute atomic E-state index is 0.189. The standard InChI is InChI=1S/C24H19Cl2N3O3S/c1-33(31,32)29(20-12-18(25)11-19(26)13-20)15-24(30)28-27-14-23-21-8-4-2-6-16(21)10-17-7-3-5-9-22(17)23/h2-14H,15H2,1H3,(H,28,30)/b27-14-.